The molecule has 0 atom stereocenters. The lowest BCUT2D eigenvalue weighted by molar-refractivity contribution is 0.102. The Bertz CT molecular complexity index is 604. The monoisotopic (exact) mass is 242 g/mol. The van der Waals surface area contributed by atoms with Gasteiger partial charge in [0.05, 0.1) is 5.56 Å². The summed E-state index contributed by atoms with van der Waals surface area (Å²) in [7, 11) is 0. The maximum Gasteiger partial charge on any atom is 0.257 e. The van der Waals surface area contributed by atoms with Crippen molar-refractivity contribution in [1.82, 2.24) is 4.98 Å². The van der Waals surface area contributed by atoms with Gasteiger partial charge in [0.25, 0.3) is 5.91 Å². The zero-order valence-corrected chi connectivity index (χ0v) is 10.3. The molecule has 1 aromatic heterocycles. The number of rotatable bonds is 2. The Hall–Kier alpha value is -2.36. The van der Waals surface area contributed by atoms with Gasteiger partial charge in [0.2, 0.25) is 5.56 Å². The number of aryl methyl sites for hydroxylation is 2. The van der Waals surface area contributed by atoms with E-state index in [4.69, 9.17) is 0 Å². The Labute approximate surface area is 105 Å². The molecule has 2 aromatic rings. The average molecular weight is 242 g/mol. The molecule has 4 nitrogen and oxygen atoms in total. The van der Waals surface area contributed by atoms with Crippen molar-refractivity contribution < 1.29 is 4.79 Å². The lowest BCUT2D eigenvalue weighted by Crippen LogP contribution is -2.15. The van der Waals surface area contributed by atoms with E-state index >= 15 is 0 Å². The Morgan fingerprint density at radius 1 is 1.11 bits per heavy atom. The molecule has 0 aliphatic rings. The summed E-state index contributed by atoms with van der Waals surface area (Å²) < 4.78 is 0. The number of carbonyl (C=O) groups is 1. The number of benzene rings is 1. The van der Waals surface area contributed by atoms with Crippen LogP contribution in [0, 0.1) is 13.8 Å². The van der Waals surface area contributed by atoms with Gasteiger partial charge in [0.15, 0.2) is 0 Å². The van der Waals surface area contributed by atoms with Crippen LogP contribution in [0.15, 0.2) is 41.3 Å². The fourth-order valence-electron chi connectivity index (χ4n) is 1.75. The number of anilines is 1. The number of amides is 1. The first-order valence-corrected chi connectivity index (χ1v) is 5.64. The fraction of sp³-hybridized carbons (Fsp3) is 0.143. The van der Waals surface area contributed by atoms with Crippen LogP contribution < -0.4 is 10.9 Å². The zero-order chi connectivity index (χ0) is 13.1. The summed E-state index contributed by atoms with van der Waals surface area (Å²) >= 11 is 0. The predicted octanol–water partition coefficient (Wildman–Crippen LogP) is 2.24. The Kier molecular flexibility index (Phi) is 3.28. The molecule has 1 heterocycles. The van der Waals surface area contributed by atoms with E-state index in [-0.39, 0.29) is 11.5 Å². The standard InChI is InChI=1S/C14H14N2O2/c1-9-4-3-5-10(2)13(9)16-14(18)11-6-7-12(17)15-8-11/h3-8H,1-2H3,(H,15,17)(H,16,18). The molecule has 2 rings (SSSR count). The Balaban J connectivity index is 2.27. The van der Waals surface area contributed by atoms with Crippen LogP contribution >= 0.6 is 0 Å². The molecule has 0 aliphatic heterocycles. The fourth-order valence-corrected chi connectivity index (χ4v) is 1.75. The minimum absolute atomic E-state index is 0.223. The molecule has 0 bridgehead atoms. The van der Waals surface area contributed by atoms with E-state index in [1.54, 1.807) is 0 Å². The highest BCUT2D eigenvalue weighted by atomic mass is 16.1. The minimum Gasteiger partial charge on any atom is -0.328 e. The average Bonchev–Trinajstić information content (AvgIpc) is 2.34. The third-order valence-corrected chi connectivity index (χ3v) is 2.77. The highest BCUT2D eigenvalue weighted by Crippen LogP contribution is 2.19. The van der Waals surface area contributed by atoms with Crippen molar-refractivity contribution in [2.45, 2.75) is 13.8 Å². The zero-order valence-electron chi connectivity index (χ0n) is 10.3. The van der Waals surface area contributed by atoms with Gasteiger partial charge in [-0.25, -0.2) is 0 Å². The van der Waals surface area contributed by atoms with E-state index in [1.807, 2.05) is 32.0 Å². The SMILES string of the molecule is Cc1cccc(C)c1NC(=O)c1ccc(=O)[nH]c1. The molecule has 0 unspecified atom stereocenters. The first kappa shape index (κ1) is 12.1. The van der Waals surface area contributed by atoms with Gasteiger partial charge in [-0.05, 0) is 31.0 Å². The molecular weight excluding hydrogens is 228 g/mol. The molecule has 0 saturated carbocycles. The van der Waals surface area contributed by atoms with Crippen molar-refractivity contribution in [2.24, 2.45) is 0 Å². The third kappa shape index (κ3) is 2.48. The van der Waals surface area contributed by atoms with Gasteiger partial charge >= 0.3 is 0 Å². The van der Waals surface area contributed by atoms with E-state index in [9.17, 15) is 9.59 Å². The predicted molar refractivity (Wildman–Crippen MR) is 70.9 cm³/mol. The van der Waals surface area contributed by atoms with Crippen molar-refractivity contribution in [3.05, 3.63) is 63.6 Å². The molecule has 2 N–H and O–H groups in total. The molecule has 0 saturated heterocycles. The van der Waals surface area contributed by atoms with Gasteiger partial charge in [-0.15, -0.1) is 0 Å². The molecule has 1 amide bonds. The van der Waals surface area contributed by atoms with Crippen molar-refractivity contribution >= 4 is 11.6 Å². The molecule has 0 spiro atoms. The summed E-state index contributed by atoms with van der Waals surface area (Å²) in [6, 6.07) is 8.66. The molecule has 0 aliphatic carbocycles. The topological polar surface area (TPSA) is 62.0 Å². The minimum atomic E-state index is -0.233. The summed E-state index contributed by atoms with van der Waals surface area (Å²) in [5, 5.41) is 2.85. The van der Waals surface area contributed by atoms with Gasteiger partial charge in [0, 0.05) is 18.0 Å². The number of H-pyrrole nitrogens is 1. The summed E-state index contributed by atoms with van der Waals surface area (Å²) in [6.45, 7) is 3.88. The second-order valence-corrected chi connectivity index (χ2v) is 4.16. The van der Waals surface area contributed by atoms with E-state index < -0.39 is 0 Å². The molecule has 4 heteroatoms. The van der Waals surface area contributed by atoms with Gasteiger partial charge in [0.1, 0.15) is 0 Å². The van der Waals surface area contributed by atoms with Gasteiger partial charge in [-0.3, -0.25) is 9.59 Å². The van der Waals surface area contributed by atoms with Crippen LogP contribution in [0.1, 0.15) is 21.5 Å². The number of aromatic amines is 1. The van der Waals surface area contributed by atoms with E-state index in [0.29, 0.717) is 5.56 Å². The quantitative estimate of drug-likeness (QED) is 0.848. The third-order valence-electron chi connectivity index (χ3n) is 2.77. The summed E-state index contributed by atoms with van der Waals surface area (Å²) in [5.41, 5.74) is 3.03. The van der Waals surface area contributed by atoms with E-state index in [2.05, 4.69) is 10.3 Å². The summed E-state index contributed by atoms with van der Waals surface area (Å²) in [4.78, 5) is 25.4. The number of para-hydroxylation sites is 1. The highest BCUT2D eigenvalue weighted by molar-refractivity contribution is 6.04. The van der Waals surface area contributed by atoms with E-state index in [1.165, 1.54) is 18.3 Å². The second kappa shape index (κ2) is 4.87. The van der Waals surface area contributed by atoms with Crippen LogP contribution in [0.4, 0.5) is 5.69 Å². The number of aromatic nitrogens is 1. The van der Waals surface area contributed by atoms with Crippen molar-refractivity contribution in [1.29, 1.82) is 0 Å². The maximum atomic E-state index is 12.0. The van der Waals surface area contributed by atoms with Crippen molar-refractivity contribution in [3.63, 3.8) is 0 Å². The lowest BCUT2D eigenvalue weighted by atomic mass is 10.1. The normalized spacial score (nSPS) is 10.1. The number of hydrogen-bond donors (Lipinski definition) is 2. The number of hydrogen-bond acceptors (Lipinski definition) is 2. The molecule has 0 fully saturated rings. The summed E-state index contributed by atoms with van der Waals surface area (Å²) in [6.07, 6.45) is 1.41. The molecule has 0 radical (unpaired) electrons. The van der Waals surface area contributed by atoms with Crippen LogP contribution in [0.5, 0.6) is 0 Å². The first-order valence-electron chi connectivity index (χ1n) is 5.64. The van der Waals surface area contributed by atoms with Gasteiger partial charge in [-0.2, -0.15) is 0 Å². The second-order valence-electron chi connectivity index (χ2n) is 4.16. The first-order chi connectivity index (χ1) is 8.58. The molecule has 92 valence electrons. The Morgan fingerprint density at radius 2 is 1.78 bits per heavy atom. The van der Waals surface area contributed by atoms with Crippen LogP contribution in [-0.4, -0.2) is 10.9 Å². The maximum absolute atomic E-state index is 12.0. The van der Waals surface area contributed by atoms with E-state index in [0.717, 1.165) is 16.8 Å². The van der Waals surface area contributed by atoms with Gasteiger partial charge < -0.3 is 10.3 Å². The molecule has 1 aromatic carbocycles. The number of carbonyl (C=O) groups excluding carboxylic acids is 1. The lowest BCUT2D eigenvalue weighted by Gasteiger charge is -2.11. The number of pyridine rings is 1. The van der Waals surface area contributed by atoms with Crippen LogP contribution in [0.2, 0.25) is 0 Å². The highest BCUT2D eigenvalue weighted by Gasteiger charge is 2.09. The molecule has 18 heavy (non-hydrogen) atoms. The van der Waals surface area contributed by atoms with Crippen LogP contribution in [-0.2, 0) is 0 Å². The smallest absolute Gasteiger partial charge is 0.257 e. The van der Waals surface area contributed by atoms with Gasteiger partial charge in [-0.1, -0.05) is 18.2 Å². The van der Waals surface area contributed by atoms with Crippen molar-refractivity contribution in [3.8, 4) is 0 Å². The summed E-state index contributed by atoms with van der Waals surface area (Å²) in [5.74, 6) is -0.233. The largest absolute Gasteiger partial charge is 0.328 e. The van der Waals surface area contributed by atoms with Crippen molar-refractivity contribution in [2.75, 3.05) is 5.32 Å². The van der Waals surface area contributed by atoms with Crippen LogP contribution in [0.25, 0.3) is 0 Å². The van der Waals surface area contributed by atoms with Crippen LogP contribution in [0.3, 0.4) is 0 Å². The number of nitrogens with one attached hydrogen (secondary N) is 2. The molecular formula is C14H14N2O2. The Morgan fingerprint density at radius 3 is 2.33 bits per heavy atom.